The van der Waals surface area contributed by atoms with Gasteiger partial charge in [-0.15, -0.1) is 0 Å². The molecular weight excluding hydrogens is 444 g/mol. The number of benzene rings is 3. The Morgan fingerprint density at radius 3 is 2.09 bits per heavy atom. The van der Waals surface area contributed by atoms with Gasteiger partial charge in [-0.1, -0.05) is 30.3 Å². The number of methoxy groups -OCH3 is 1. The summed E-state index contributed by atoms with van der Waals surface area (Å²) in [4.78, 5) is 27.3. The molecule has 0 aromatic heterocycles. The quantitative estimate of drug-likeness (QED) is 0.340. The van der Waals surface area contributed by atoms with Crippen LogP contribution in [-0.2, 0) is 19.6 Å². The van der Waals surface area contributed by atoms with Gasteiger partial charge in [0.15, 0.2) is 0 Å². The topological polar surface area (TPSA) is 127 Å². The van der Waals surface area contributed by atoms with E-state index in [0.717, 1.165) is 0 Å². The number of carbonyl (C=O) groups excluding carboxylic acids is 2. The summed E-state index contributed by atoms with van der Waals surface area (Å²) in [6.07, 6.45) is 0. The van der Waals surface area contributed by atoms with E-state index in [2.05, 4.69) is 0 Å². The number of carbonyl (C=O) groups is 2. The fourth-order valence-electron chi connectivity index (χ4n) is 3.75. The molecular formula is C24H20N2O6S. The van der Waals surface area contributed by atoms with Crippen LogP contribution in [0.4, 0.5) is 5.69 Å². The fourth-order valence-corrected chi connectivity index (χ4v) is 4.27. The van der Waals surface area contributed by atoms with Crippen molar-refractivity contribution in [2.45, 2.75) is 10.9 Å². The van der Waals surface area contributed by atoms with Gasteiger partial charge in [-0.25, -0.2) is 13.6 Å². The van der Waals surface area contributed by atoms with Crippen LogP contribution in [0.15, 0.2) is 89.3 Å². The van der Waals surface area contributed by atoms with Crippen LogP contribution in [0, 0.1) is 0 Å². The van der Waals surface area contributed by atoms with E-state index >= 15 is 0 Å². The van der Waals surface area contributed by atoms with Crippen LogP contribution in [0.2, 0.25) is 0 Å². The minimum absolute atomic E-state index is 0.0770. The van der Waals surface area contributed by atoms with Crippen LogP contribution in [0.3, 0.4) is 0 Å². The normalized spacial score (nSPS) is 17.9. The van der Waals surface area contributed by atoms with Crippen molar-refractivity contribution in [3.05, 3.63) is 95.6 Å². The summed E-state index contributed by atoms with van der Waals surface area (Å²) < 4.78 is 28.3. The van der Waals surface area contributed by atoms with Crippen molar-refractivity contribution in [3.8, 4) is 5.75 Å². The number of hydrogen-bond acceptors (Lipinski definition) is 6. The molecule has 0 radical (unpaired) electrons. The second-order valence-electron chi connectivity index (χ2n) is 7.35. The first-order chi connectivity index (χ1) is 15.7. The number of Topliss-reactive ketones (excluding diaryl/α,β-unsaturated/α-hetero) is 1. The lowest BCUT2D eigenvalue weighted by molar-refractivity contribution is -0.132. The number of nitrogens with two attached hydrogens (primary N) is 1. The lowest BCUT2D eigenvalue weighted by atomic mass is 9.95. The Kier molecular flexibility index (Phi) is 5.75. The first-order valence-corrected chi connectivity index (χ1v) is 11.4. The Labute approximate surface area is 190 Å². The number of sulfonamides is 1. The molecule has 168 valence electrons. The zero-order chi connectivity index (χ0) is 23.8. The summed E-state index contributed by atoms with van der Waals surface area (Å²) in [6, 6.07) is 19.6. The lowest BCUT2D eigenvalue weighted by Crippen LogP contribution is -2.29. The van der Waals surface area contributed by atoms with E-state index in [1.807, 2.05) is 0 Å². The molecule has 3 aromatic rings. The minimum atomic E-state index is -3.93. The van der Waals surface area contributed by atoms with Crippen molar-refractivity contribution in [1.29, 1.82) is 0 Å². The molecule has 0 saturated carbocycles. The van der Waals surface area contributed by atoms with E-state index in [9.17, 15) is 23.1 Å². The highest BCUT2D eigenvalue weighted by atomic mass is 32.2. The van der Waals surface area contributed by atoms with Gasteiger partial charge in [-0.3, -0.25) is 14.5 Å². The molecule has 8 nitrogen and oxygen atoms in total. The highest BCUT2D eigenvalue weighted by Crippen LogP contribution is 2.42. The van der Waals surface area contributed by atoms with Gasteiger partial charge in [-0.05, 0) is 54.1 Å². The molecule has 0 spiro atoms. The SMILES string of the molecule is COc1ccc(C(O)=C2C(=O)C(=O)N(c3ccc(S(N)(=O)=O)cc3)C2c2ccccc2)cc1. The van der Waals surface area contributed by atoms with Gasteiger partial charge in [0, 0.05) is 11.3 Å². The number of rotatable bonds is 5. The minimum Gasteiger partial charge on any atom is -0.507 e. The van der Waals surface area contributed by atoms with E-state index in [0.29, 0.717) is 16.9 Å². The lowest BCUT2D eigenvalue weighted by Gasteiger charge is -2.25. The number of ether oxygens (including phenoxy) is 1. The predicted octanol–water partition coefficient (Wildman–Crippen LogP) is 2.97. The van der Waals surface area contributed by atoms with Crippen molar-refractivity contribution >= 4 is 33.2 Å². The number of ketones is 1. The number of aliphatic hydroxyl groups excluding tert-OH is 1. The third-order valence-corrected chi connectivity index (χ3v) is 6.30. The molecule has 1 atom stereocenters. The van der Waals surface area contributed by atoms with E-state index in [1.54, 1.807) is 54.6 Å². The Hall–Kier alpha value is -3.95. The fraction of sp³-hybridized carbons (Fsp3) is 0.0833. The average molecular weight is 464 g/mol. The third-order valence-electron chi connectivity index (χ3n) is 5.37. The monoisotopic (exact) mass is 464 g/mol. The van der Waals surface area contributed by atoms with Gasteiger partial charge >= 0.3 is 0 Å². The molecule has 1 unspecified atom stereocenters. The van der Waals surface area contributed by atoms with Crippen LogP contribution in [0.1, 0.15) is 17.2 Å². The zero-order valence-electron chi connectivity index (χ0n) is 17.5. The van der Waals surface area contributed by atoms with Gasteiger partial charge in [-0.2, -0.15) is 0 Å². The molecule has 33 heavy (non-hydrogen) atoms. The van der Waals surface area contributed by atoms with Gasteiger partial charge < -0.3 is 9.84 Å². The highest BCUT2D eigenvalue weighted by molar-refractivity contribution is 7.89. The molecule has 3 aromatic carbocycles. The van der Waals surface area contributed by atoms with Crippen LogP contribution < -0.4 is 14.8 Å². The zero-order valence-corrected chi connectivity index (χ0v) is 18.3. The van der Waals surface area contributed by atoms with E-state index in [4.69, 9.17) is 9.88 Å². The van der Waals surface area contributed by atoms with Crippen LogP contribution >= 0.6 is 0 Å². The molecule has 0 bridgehead atoms. The van der Waals surface area contributed by atoms with Crippen molar-refractivity contribution in [2.24, 2.45) is 5.14 Å². The van der Waals surface area contributed by atoms with Crippen LogP contribution in [-0.4, -0.2) is 32.3 Å². The Balaban J connectivity index is 1.89. The van der Waals surface area contributed by atoms with Gasteiger partial charge in [0.25, 0.3) is 11.7 Å². The van der Waals surface area contributed by atoms with Crippen LogP contribution in [0.5, 0.6) is 5.75 Å². The molecule has 1 amide bonds. The third kappa shape index (κ3) is 4.11. The number of primary sulfonamides is 1. The molecule has 0 aliphatic carbocycles. The molecule has 1 saturated heterocycles. The van der Waals surface area contributed by atoms with Crippen molar-refractivity contribution in [3.63, 3.8) is 0 Å². The van der Waals surface area contributed by atoms with Gasteiger partial charge in [0.05, 0.1) is 23.6 Å². The number of anilines is 1. The number of aliphatic hydroxyl groups is 1. The largest absolute Gasteiger partial charge is 0.507 e. The molecule has 1 aliphatic heterocycles. The number of nitrogens with zero attached hydrogens (tertiary/aromatic N) is 1. The van der Waals surface area contributed by atoms with E-state index in [1.165, 1.54) is 36.3 Å². The Morgan fingerprint density at radius 2 is 1.55 bits per heavy atom. The standard InChI is InChI=1S/C24H20N2O6S/c1-32-18-11-7-16(8-12-18)22(27)20-21(15-5-3-2-4-6-15)26(24(29)23(20)28)17-9-13-19(14-10-17)33(25,30)31/h2-14,21,27H,1H3,(H2,25,30,31). The van der Waals surface area contributed by atoms with E-state index in [-0.39, 0.29) is 21.9 Å². The molecule has 1 aliphatic rings. The smallest absolute Gasteiger partial charge is 0.300 e. The van der Waals surface area contributed by atoms with Gasteiger partial charge in [0.1, 0.15) is 11.5 Å². The molecule has 1 fully saturated rings. The predicted molar refractivity (Wildman–Crippen MR) is 122 cm³/mol. The molecule has 3 N–H and O–H groups in total. The Bertz CT molecular complexity index is 1350. The first-order valence-electron chi connectivity index (χ1n) is 9.85. The molecule has 9 heteroatoms. The van der Waals surface area contributed by atoms with Crippen molar-refractivity contribution < 1.29 is 27.9 Å². The van der Waals surface area contributed by atoms with Crippen molar-refractivity contribution in [2.75, 3.05) is 12.0 Å². The second kappa shape index (κ2) is 8.53. The summed E-state index contributed by atoms with van der Waals surface area (Å²) in [5, 5.41) is 16.2. The molecule has 1 heterocycles. The summed E-state index contributed by atoms with van der Waals surface area (Å²) in [7, 11) is -2.42. The van der Waals surface area contributed by atoms with Crippen molar-refractivity contribution in [1.82, 2.24) is 0 Å². The Morgan fingerprint density at radius 1 is 0.939 bits per heavy atom. The summed E-state index contributed by atoms with van der Waals surface area (Å²) >= 11 is 0. The van der Waals surface area contributed by atoms with E-state index < -0.39 is 27.8 Å². The maximum absolute atomic E-state index is 13.1. The highest BCUT2D eigenvalue weighted by Gasteiger charge is 2.46. The summed E-state index contributed by atoms with van der Waals surface area (Å²) in [5.41, 5.74) is 1.15. The number of hydrogen-bond donors (Lipinski definition) is 2. The summed E-state index contributed by atoms with van der Waals surface area (Å²) in [6.45, 7) is 0. The first kappa shape index (κ1) is 22.3. The maximum Gasteiger partial charge on any atom is 0.300 e. The maximum atomic E-state index is 13.1. The van der Waals surface area contributed by atoms with Crippen LogP contribution in [0.25, 0.3) is 5.76 Å². The number of amides is 1. The summed E-state index contributed by atoms with van der Waals surface area (Å²) in [5.74, 6) is -1.45. The average Bonchev–Trinajstić information content (AvgIpc) is 3.09. The second-order valence-corrected chi connectivity index (χ2v) is 8.91. The molecule has 4 rings (SSSR count). The van der Waals surface area contributed by atoms with Gasteiger partial charge in [0.2, 0.25) is 10.0 Å².